The normalized spacial score (nSPS) is 15.5. The van der Waals surface area contributed by atoms with E-state index in [1.54, 1.807) is 24.4 Å². The monoisotopic (exact) mass is 359 g/mol. The number of oxazole rings is 1. The van der Waals surface area contributed by atoms with E-state index in [2.05, 4.69) is 15.0 Å². The van der Waals surface area contributed by atoms with Gasteiger partial charge < -0.3 is 9.52 Å². The molecular formula is C18H12F3N3O2. The van der Waals surface area contributed by atoms with Crippen LogP contribution in [0.15, 0.2) is 58.3 Å². The van der Waals surface area contributed by atoms with Crippen molar-refractivity contribution in [1.29, 1.82) is 0 Å². The number of hydrogen-bond donors (Lipinski definition) is 1. The summed E-state index contributed by atoms with van der Waals surface area (Å²) in [6.07, 6.45) is -0.699. The van der Waals surface area contributed by atoms with E-state index in [0.29, 0.717) is 34.5 Å². The van der Waals surface area contributed by atoms with Gasteiger partial charge in [0.15, 0.2) is 11.7 Å². The standard InChI is InChI=1S/C18H12F3N3O2/c19-18(20,21)16(25)12-6-11(8-22-9-12)10-3-4-13-15(7-10)26-17(24-13)14-2-1-5-23-14/h1,3-9,16,25H,2H2. The molecule has 1 atom stereocenters. The van der Waals surface area contributed by atoms with Gasteiger partial charge in [-0.1, -0.05) is 12.1 Å². The maximum Gasteiger partial charge on any atom is 0.418 e. The predicted molar refractivity (Wildman–Crippen MR) is 88.5 cm³/mol. The average Bonchev–Trinajstić information content (AvgIpc) is 3.28. The second kappa shape index (κ2) is 6.06. The summed E-state index contributed by atoms with van der Waals surface area (Å²) in [4.78, 5) is 12.3. The minimum absolute atomic E-state index is 0.320. The fourth-order valence-corrected chi connectivity index (χ4v) is 2.68. The zero-order valence-corrected chi connectivity index (χ0v) is 13.2. The molecule has 132 valence electrons. The molecule has 3 heterocycles. The summed E-state index contributed by atoms with van der Waals surface area (Å²) in [6, 6.07) is 6.36. The van der Waals surface area contributed by atoms with E-state index in [-0.39, 0.29) is 5.56 Å². The largest absolute Gasteiger partial charge is 0.435 e. The van der Waals surface area contributed by atoms with E-state index in [9.17, 15) is 18.3 Å². The number of allylic oxidation sites excluding steroid dienone is 1. The molecule has 0 radical (unpaired) electrons. The zero-order chi connectivity index (χ0) is 18.3. The molecule has 2 aromatic heterocycles. The lowest BCUT2D eigenvalue weighted by Crippen LogP contribution is -2.20. The third kappa shape index (κ3) is 2.99. The Morgan fingerprint density at radius 2 is 1.96 bits per heavy atom. The van der Waals surface area contributed by atoms with Gasteiger partial charge in [0, 0.05) is 36.1 Å². The lowest BCUT2D eigenvalue weighted by Gasteiger charge is -2.15. The molecule has 0 bridgehead atoms. The van der Waals surface area contributed by atoms with Crippen LogP contribution in [0.5, 0.6) is 0 Å². The highest BCUT2D eigenvalue weighted by Crippen LogP contribution is 2.34. The minimum atomic E-state index is -4.75. The number of rotatable bonds is 3. The molecule has 0 spiro atoms. The SMILES string of the molecule is OC(c1cncc(-c2ccc3nc(C4=NC=CC4)oc3c2)c1)C(F)(F)F. The van der Waals surface area contributed by atoms with Gasteiger partial charge in [-0.15, -0.1) is 0 Å². The van der Waals surface area contributed by atoms with Crippen molar-refractivity contribution in [3.05, 3.63) is 60.4 Å². The molecular weight excluding hydrogens is 347 g/mol. The van der Waals surface area contributed by atoms with Crippen LogP contribution in [-0.4, -0.2) is 27.0 Å². The predicted octanol–water partition coefficient (Wildman–Crippen LogP) is 4.19. The Hall–Kier alpha value is -3.00. The van der Waals surface area contributed by atoms with Crippen molar-refractivity contribution in [2.45, 2.75) is 18.7 Å². The first-order valence-electron chi connectivity index (χ1n) is 7.74. The van der Waals surface area contributed by atoms with Crippen LogP contribution in [0.4, 0.5) is 13.2 Å². The van der Waals surface area contributed by atoms with E-state index >= 15 is 0 Å². The summed E-state index contributed by atoms with van der Waals surface area (Å²) < 4.78 is 43.8. The van der Waals surface area contributed by atoms with E-state index in [4.69, 9.17) is 4.42 Å². The van der Waals surface area contributed by atoms with Gasteiger partial charge in [-0.3, -0.25) is 9.98 Å². The van der Waals surface area contributed by atoms with Gasteiger partial charge in [-0.25, -0.2) is 4.98 Å². The molecule has 0 aliphatic carbocycles. The number of aromatic nitrogens is 2. The molecule has 1 aromatic carbocycles. The Labute approximate surface area is 145 Å². The number of nitrogens with zero attached hydrogens (tertiary/aromatic N) is 3. The molecule has 26 heavy (non-hydrogen) atoms. The van der Waals surface area contributed by atoms with Crippen LogP contribution in [-0.2, 0) is 0 Å². The van der Waals surface area contributed by atoms with Gasteiger partial charge in [0.25, 0.3) is 0 Å². The fraction of sp³-hybridized carbons (Fsp3) is 0.167. The van der Waals surface area contributed by atoms with Crippen molar-refractivity contribution in [2.75, 3.05) is 0 Å². The maximum absolute atomic E-state index is 12.7. The van der Waals surface area contributed by atoms with Crippen LogP contribution in [0, 0.1) is 0 Å². The second-order valence-corrected chi connectivity index (χ2v) is 5.82. The summed E-state index contributed by atoms with van der Waals surface area (Å²) >= 11 is 0. The fourth-order valence-electron chi connectivity index (χ4n) is 2.68. The number of aliphatic imine (C=N–C) groups is 1. The third-order valence-corrected chi connectivity index (χ3v) is 4.00. The van der Waals surface area contributed by atoms with Crippen LogP contribution in [0.2, 0.25) is 0 Å². The quantitative estimate of drug-likeness (QED) is 0.761. The first kappa shape index (κ1) is 16.5. The lowest BCUT2D eigenvalue weighted by atomic mass is 10.0. The van der Waals surface area contributed by atoms with Gasteiger partial charge in [-0.05, 0) is 23.8 Å². The Morgan fingerprint density at radius 3 is 2.69 bits per heavy atom. The number of benzene rings is 1. The van der Waals surface area contributed by atoms with Crippen molar-refractivity contribution >= 4 is 16.8 Å². The van der Waals surface area contributed by atoms with E-state index in [1.807, 2.05) is 6.08 Å². The molecule has 0 fully saturated rings. The number of aliphatic hydroxyl groups excluding tert-OH is 1. The summed E-state index contributed by atoms with van der Waals surface area (Å²) in [7, 11) is 0. The van der Waals surface area contributed by atoms with E-state index < -0.39 is 12.3 Å². The van der Waals surface area contributed by atoms with Crippen molar-refractivity contribution in [3.8, 4) is 11.1 Å². The molecule has 1 unspecified atom stereocenters. The Bertz CT molecular complexity index is 1040. The van der Waals surface area contributed by atoms with Gasteiger partial charge in [0.05, 0.1) is 0 Å². The van der Waals surface area contributed by atoms with Crippen LogP contribution in [0.25, 0.3) is 22.2 Å². The number of hydrogen-bond acceptors (Lipinski definition) is 5. The lowest BCUT2D eigenvalue weighted by molar-refractivity contribution is -0.206. The topological polar surface area (TPSA) is 71.5 Å². The molecule has 0 saturated carbocycles. The van der Waals surface area contributed by atoms with Crippen molar-refractivity contribution in [3.63, 3.8) is 0 Å². The number of aliphatic hydroxyl groups is 1. The number of pyridine rings is 1. The number of alkyl halides is 3. The average molecular weight is 359 g/mol. The first-order chi connectivity index (χ1) is 12.4. The highest BCUT2D eigenvalue weighted by Gasteiger charge is 2.39. The summed E-state index contributed by atoms with van der Waals surface area (Å²) in [5.74, 6) is 0.418. The Kier molecular flexibility index (Phi) is 3.84. The molecule has 0 saturated heterocycles. The van der Waals surface area contributed by atoms with E-state index in [1.165, 1.54) is 12.3 Å². The van der Waals surface area contributed by atoms with Crippen molar-refractivity contribution in [1.82, 2.24) is 9.97 Å². The van der Waals surface area contributed by atoms with Crippen LogP contribution in [0.3, 0.4) is 0 Å². The Balaban J connectivity index is 1.70. The van der Waals surface area contributed by atoms with Crippen LogP contribution < -0.4 is 0 Å². The van der Waals surface area contributed by atoms with Crippen molar-refractivity contribution < 1.29 is 22.7 Å². The van der Waals surface area contributed by atoms with E-state index in [0.717, 1.165) is 11.9 Å². The number of fused-ring (bicyclic) bond motifs is 1. The minimum Gasteiger partial charge on any atom is -0.435 e. The second-order valence-electron chi connectivity index (χ2n) is 5.82. The van der Waals surface area contributed by atoms with Crippen LogP contribution >= 0.6 is 0 Å². The number of halogens is 3. The highest BCUT2D eigenvalue weighted by atomic mass is 19.4. The maximum atomic E-state index is 12.7. The molecule has 1 N–H and O–H groups in total. The Morgan fingerprint density at radius 1 is 1.12 bits per heavy atom. The molecule has 1 aliphatic rings. The summed E-state index contributed by atoms with van der Waals surface area (Å²) in [5, 5.41) is 9.41. The van der Waals surface area contributed by atoms with Gasteiger partial charge >= 0.3 is 6.18 Å². The highest BCUT2D eigenvalue weighted by molar-refractivity contribution is 6.01. The van der Waals surface area contributed by atoms with Crippen molar-refractivity contribution in [2.24, 2.45) is 4.99 Å². The molecule has 5 nitrogen and oxygen atoms in total. The summed E-state index contributed by atoms with van der Waals surface area (Å²) in [5.41, 5.74) is 2.56. The van der Waals surface area contributed by atoms with Crippen LogP contribution in [0.1, 0.15) is 24.0 Å². The molecule has 8 heteroatoms. The smallest absolute Gasteiger partial charge is 0.418 e. The van der Waals surface area contributed by atoms with Gasteiger partial charge in [0.1, 0.15) is 11.2 Å². The van der Waals surface area contributed by atoms with Gasteiger partial charge in [0.2, 0.25) is 5.89 Å². The molecule has 4 rings (SSSR count). The zero-order valence-electron chi connectivity index (χ0n) is 13.2. The van der Waals surface area contributed by atoms with Gasteiger partial charge in [-0.2, -0.15) is 13.2 Å². The summed E-state index contributed by atoms with van der Waals surface area (Å²) in [6.45, 7) is 0. The third-order valence-electron chi connectivity index (χ3n) is 4.00. The molecule has 3 aromatic rings. The molecule has 0 amide bonds. The molecule has 1 aliphatic heterocycles. The first-order valence-corrected chi connectivity index (χ1v) is 7.74.